The van der Waals surface area contributed by atoms with Crippen LogP contribution in [0.5, 0.6) is 0 Å². The Hall–Kier alpha value is -3.20. The van der Waals surface area contributed by atoms with Crippen molar-refractivity contribution in [1.82, 2.24) is 15.3 Å². The van der Waals surface area contributed by atoms with Crippen LogP contribution in [0.1, 0.15) is 29.8 Å². The number of pyridine rings is 2. The summed E-state index contributed by atoms with van der Waals surface area (Å²) < 4.78 is 17.8. The number of rotatable bonds is 1. The van der Waals surface area contributed by atoms with E-state index in [0.29, 0.717) is 11.3 Å². The Balaban J connectivity index is 0.000000647. The predicted molar refractivity (Wildman–Crippen MR) is 87.5 cm³/mol. The first-order valence-corrected chi connectivity index (χ1v) is 7.21. The van der Waals surface area contributed by atoms with Crippen molar-refractivity contribution in [3.8, 4) is 11.8 Å². The van der Waals surface area contributed by atoms with Gasteiger partial charge in [-0.05, 0) is 36.6 Å². The minimum atomic E-state index is -0.436. The van der Waals surface area contributed by atoms with Crippen LogP contribution in [0.3, 0.4) is 0 Å². The molecule has 0 saturated carbocycles. The number of aromatic nitrogens is 2. The Morgan fingerprint density at radius 3 is 2.88 bits per heavy atom. The number of alkyl carbamates (subject to hydrolysis) is 1. The first-order chi connectivity index (χ1) is 11.6. The van der Waals surface area contributed by atoms with Gasteiger partial charge in [-0.25, -0.2) is 14.2 Å². The highest BCUT2D eigenvalue weighted by molar-refractivity contribution is 5.70. The molecule has 0 aliphatic carbocycles. The topological polar surface area (TPSA) is 64.1 Å². The SMILES string of the molecule is C=CC.O=C1N[C@H](c2ccnc(C#Cc3cncc(F)c3)c2)CO1. The molecule has 1 atom stereocenters. The summed E-state index contributed by atoms with van der Waals surface area (Å²) in [5, 5.41) is 2.68. The normalized spacial score (nSPS) is 15.1. The first kappa shape index (κ1) is 17.2. The molecular formula is C18H16FN3O2. The van der Waals surface area contributed by atoms with E-state index < -0.39 is 11.9 Å². The molecular weight excluding hydrogens is 309 g/mol. The molecule has 0 bridgehead atoms. The van der Waals surface area contributed by atoms with Crippen LogP contribution in [0, 0.1) is 17.7 Å². The van der Waals surface area contributed by atoms with Crippen LogP contribution in [0.2, 0.25) is 0 Å². The highest BCUT2D eigenvalue weighted by Gasteiger charge is 2.23. The Bertz CT molecular complexity index is 796. The molecule has 2 aromatic rings. The van der Waals surface area contributed by atoms with E-state index >= 15 is 0 Å². The van der Waals surface area contributed by atoms with Gasteiger partial charge in [-0.15, -0.1) is 6.58 Å². The second-order valence-electron chi connectivity index (χ2n) is 4.82. The number of hydrogen-bond acceptors (Lipinski definition) is 4. The molecule has 24 heavy (non-hydrogen) atoms. The standard InChI is InChI=1S/C15H10FN3O2.C3H6/c16-12-5-10(7-17-8-12)1-2-13-6-11(3-4-18-13)14-9-21-15(20)19-14;1-3-2/h3-8,14H,9H2,(H,19,20);3H,1H2,2H3/t14-;/m0./s1. The van der Waals surface area contributed by atoms with Crippen molar-refractivity contribution in [2.45, 2.75) is 13.0 Å². The lowest BCUT2D eigenvalue weighted by Gasteiger charge is -2.06. The zero-order chi connectivity index (χ0) is 17.4. The summed E-state index contributed by atoms with van der Waals surface area (Å²) in [6, 6.07) is 4.65. The fraction of sp³-hybridized carbons (Fsp3) is 0.167. The van der Waals surface area contributed by atoms with Gasteiger partial charge in [0.2, 0.25) is 0 Å². The molecule has 6 heteroatoms. The minimum absolute atomic E-state index is 0.197. The Morgan fingerprint density at radius 2 is 2.21 bits per heavy atom. The van der Waals surface area contributed by atoms with Crippen molar-refractivity contribution in [2.75, 3.05) is 6.61 Å². The van der Waals surface area contributed by atoms with E-state index in [0.717, 1.165) is 11.8 Å². The van der Waals surface area contributed by atoms with Gasteiger partial charge in [0.05, 0.1) is 12.2 Å². The van der Waals surface area contributed by atoms with Crippen LogP contribution in [0.25, 0.3) is 0 Å². The summed E-state index contributed by atoms with van der Waals surface area (Å²) in [6.07, 6.45) is 5.51. The Morgan fingerprint density at radius 1 is 1.42 bits per heavy atom. The number of halogens is 1. The minimum Gasteiger partial charge on any atom is -0.447 e. The summed E-state index contributed by atoms with van der Waals surface area (Å²) in [5.41, 5.74) is 1.86. The maximum absolute atomic E-state index is 13.0. The van der Waals surface area contributed by atoms with Gasteiger partial charge in [-0.1, -0.05) is 12.0 Å². The number of amides is 1. The molecule has 1 N–H and O–H groups in total. The van der Waals surface area contributed by atoms with E-state index in [4.69, 9.17) is 4.74 Å². The van der Waals surface area contributed by atoms with E-state index in [2.05, 4.69) is 33.7 Å². The first-order valence-electron chi connectivity index (χ1n) is 7.21. The molecule has 1 aliphatic rings. The average molecular weight is 325 g/mol. The molecule has 1 amide bonds. The monoisotopic (exact) mass is 325 g/mol. The van der Waals surface area contributed by atoms with Crippen LogP contribution in [-0.2, 0) is 4.74 Å². The molecule has 3 rings (SSSR count). The van der Waals surface area contributed by atoms with Crippen LogP contribution >= 0.6 is 0 Å². The summed E-state index contributed by atoms with van der Waals surface area (Å²) in [5.74, 6) is 5.20. The molecule has 1 saturated heterocycles. The van der Waals surface area contributed by atoms with Crippen LogP contribution < -0.4 is 5.32 Å². The smallest absolute Gasteiger partial charge is 0.407 e. The lowest BCUT2D eigenvalue weighted by molar-refractivity contribution is 0.177. The fourth-order valence-corrected chi connectivity index (χ4v) is 1.91. The molecule has 122 valence electrons. The van der Waals surface area contributed by atoms with Crippen LogP contribution in [-0.4, -0.2) is 22.7 Å². The number of ether oxygens (including phenoxy) is 1. The van der Waals surface area contributed by atoms with Gasteiger partial charge in [0.1, 0.15) is 18.1 Å². The molecule has 5 nitrogen and oxygen atoms in total. The van der Waals surface area contributed by atoms with Crippen molar-refractivity contribution >= 4 is 6.09 Å². The molecule has 0 spiro atoms. The van der Waals surface area contributed by atoms with E-state index in [-0.39, 0.29) is 12.6 Å². The van der Waals surface area contributed by atoms with Gasteiger partial charge in [-0.2, -0.15) is 0 Å². The number of nitrogens with zero attached hydrogens (tertiary/aromatic N) is 2. The number of allylic oxidation sites excluding steroid dienone is 1. The largest absolute Gasteiger partial charge is 0.447 e. The number of cyclic esters (lactones) is 1. The summed E-state index contributed by atoms with van der Waals surface area (Å²) in [4.78, 5) is 18.9. The summed E-state index contributed by atoms with van der Waals surface area (Å²) >= 11 is 0. The Kier molecular flexibility index (Phi) is 6.03. The van der Waals surface area contributed by atoms with E-state index in [1.807, 2.05) is 6.92 Å². The van der Waals surface area contributed by atoms with Crippen LogP contribution in [0.4, 0.5) is 9.18 Å². The molecule has 3 heterocycles. The van der Waals surface area contributed by atoms with Crippen molar-refractivity contribution < 1.29 is 13.9 Å². The third kappa shape index (κ3) is 4.92. The number of hydrogen-bond donors (Lipinski definition) is 1. The second-order valence-corrected chi connectivity index (χ2v) is 4.82. The van der Waals surface area contributed by atoms with Gasteiger partial charge in [0, 0.05) is 18.0 Å². The van der Waals surface area contributed by atoms with Crippen LogP contribution in [0.15, 0.2) is 49.4 Å². The third-order valence-electron chi connectivity index (χ3n) is 2.90. The van der Waals surface area contributed by atoms with E-state index in [9.17, 15) is 9.18 Å². The summed E-state index contributed by atoms with van der Waals surface area (Å²) in [6.45, 7) is 5.53. The van der Waals surface area contributed by atoms with Gasteiger partial charge in [-0.3, -0.25) is 4.98 Å². The van der Waals surface area contributed by atoms with Crippen molar-refractivity contribution in [3.63, 3.8) is 0 Å². The van der Waals surface area contributed by atoms with E-state index in [1.54, 1.807) is 24.4 Å². The third-order valence-corrected chi connectivity index (χ3v) is 2.90. The Labute approximate surface area is 139 Å². The molecule has 2 aromatic heterocycles. The second kappa shape index (κ2) is 8.44. The lowest BCUT2D eigenvalue weighted by atomic mass is 10.1. The quantitative estimate of drug-likeness (QED) is 0.647. The molecule has 0 unspecified atom stereocenters. The van der Waals surface area contributed by atoms with E-state index in [1.165, 1.54) is 12.3 Å². The zero-order valence-electron chi connectivity index (χ0n) is 13.1. The predicted octanol–water partition coefficient (Wildman–Crippen LogP) is 2.99. The van der Waals surface area contributed by atoms with Gasteiger partial charge >= 0.3 is 6.09 Å². The van der Waals surface area contributed by atoms with Crippen molar-refractivity contribution in [1.29, 1.82) is 0 Å². The van der Waals surface area contributed by atoms with Gasteiger partial charge in [0.25, 0.3) is 0 Å². The van der Waals surface area contributed by atoms with Crippen molar-refractivity contribution in [2.24, 2.45) is 0 Å². The average Bonchev–Trinajstić information content (AvgIpc) is 3.01. The van der Waals surface area contributed by atoms with Gasteiger partial charge in [0.15, 0.2) is 0 Å². The maximum atomic E-state index is 13.0. The van der Waals surface area contributed by atoms with Crippen molar-refractivity contribution in [3.05, 3.63) is 72.1 Å². The highest BCUT2D eigenvalue weighted by atomic mass is 19.1. The number of carbonyl (C=O) groups is 1. The zero-order valence-corrected chi connectivity index (χ0v) is 13.1. The summed E-state index contributed by atoms with van der Waals surface area (Å²) in [7, 11) is 0. The maximum Gasteiger partial charge on any atom is 0.407 e. The molecule has 1 fully saturated rings. The number of nitrogens with one attached hydrogen (secondary N) is 1. The fourth-order valence-electron chi connectivity index (χ4n) is 1.91. The molecule has 0 aromatic carbocycles. The molecule has 0 radical (unpaired) electrons. The number of carbonyl (C=O) groups excluding carboxylic acids is 1. The van der Waals surface area contributed by atoms with Gasteiger partial charge < -0.3 is 10.1 Å². The molecule has 1 aliphatic heterocycles. The lowest BCUT2D eigenvalue weighted by Crippen LogP contribution is -2.18. The highest BCUT2D eigenvalue weighted by Crippen LogP contribution is 2.17.